The molecule has 0 spiro atoms. The Morgan fingerprint density at radius 1 is 1.00 bits per heavy atom. The van der Waals surface area contributed by atoms with E-state index in [1.807, 2.05) is 32.0 Å². The van der Waals surface area contributed by atoms with Gasteiger partial charge >= 0.3 is 11.8 Å². The molecule has 1 saturated heterocycles. The van der Waals surface area contributed by atoms with Crippen LogP contribution >= 0.6 is 0 Å². The predicted molar refractivity (Wildman–Crippen MR) is 116 cm³/mol. The SMILES string of the molecule is Cc1ccc(NC(=O)C(=O)NC[C@H]2CCCN2S(=O)(=O)c2cc(C)ccc2C)cc1. The summed E-state index contributed by atoms with van der Waals surface area (Å²) >= 11 is 0. The van der Waals surface area contributed by atoms with Gasteiger partial charge in [0.2, 0.25) is 10.0 Å². The standard InChI is InChI=1S/C22H27N3O4S/c1-15-7-10-18(11-8-15)24-22(27)21(26)23-14-19-5-4-12-25(19)30(28,29)20-13-16(2)6-9-17(20)3/h6-11,13,19H,4-5,12,14H2,1-3H3,(H,23,26)(H,24,27)/t19-/m1/s1. The van der Waals surface area contributed by atoms with Crippen LogP contribution in [0.4, 0.5) is 5.69 Å². The smallest absolute Gasteiger partial charge is 0.313 e. The number of amides is 2. The van der Waals surface area contributed by atoms with Crippen molar-refractivity contribution in [3.63, 3.8) is 0 Å². The first-order valence-electron chi connectivity index (χ1n) is 9.93. The summed E-state index contributed by atoms with van der Waals surface area (Å²) in [6, 6.07) is 12.1. The quantitative estimate of drug-likeness (QED) is 0.714. The van der Waals surface area contributed by atoms with Crippen molar-refractivity contribution in [2.45, 2.75) is 44.6 Å². The van der Waals surface area contributed by atoms with E-state index in [9.17, 15) is 18.0 Å². The molecule has 3 rings (SSSR count). The van der Waals surface area contributed by atoms with Crippen LogP contribution in [0.3, 0.4) is 0 Å². The largest absolute Gasteiger partial charge is 0.346 e. The average Bonchev–Trinajstić information content (AvgIpc) is 3.19. The van der Waals surface area contributed by atoms with Gasteiger partial charge in [-0.2, -0.15) is 4.31 Å². The van der Waals surface area contributed by atoms with Gasteiger partial charge in [0, 0.05) is 24.8 Å². The molecule has 2 aromatic rings. The Labute approximate surface area is 177 Å². The third-order valence-corrected chi connectivity index (χ3v) is 7.36. The topological polar surface area (TPSA) is 95.6 Å². The van der Waals surface area contributed by atoms with Gasteiger partial charge in [0.25, 0.3) is 0 Å². The minimum atomic E-state index is -3.68. The Morgan fingerprint density at radius 2 is 1.67 bits per heavy atom. The highest BCUT2D eigenvalue weighted by atomic mass is 32.2. The Balaban J connectivity index is 1.64. The first kappa shape index (κ1) is 22.0. The summed E-state index contributed by atoms with van der Waals surface area (Å²) in [7, 11) is -3.68. The molecule has 1 heterocycles. The summed E-state index contributed by atoms with van der Waals surface area (Å²) < 4.78 is 27.8. The summed E-state index contributed by atoms with van der Waals surface area (Å²) in [6.07, 6.45) is 1.34. The molecule has 0 unspecified atom stereocenters. The van der Waals surface area contributed by atoms with Gasteiger partial charge in [0.1, 0.15) is 0 Å². The van der Waals surface area contributed by atoms with E-state index >= 15 is 0 Å². The number of hydrogen-bond donors (Lipinski definition) is 2. The maximum atomic E-state index is 13.2. The molecule has 1 aliphatic rings. The van der Waals surface area contributed by atoms with Crippen LogP contribution < -0.4 is 10.6 Å². The van der Waals surface area contributed by atoms with Crippen molar-refractivity contribution < 1.29 is 18.0 Å². The van der Waals surface area contributed by atoms with Crippen molar-refractivity contribution in [3.8, 4) is 0 Å². The average molecular weight is 430 g/mol. The molecule has 0 radical (unpaired) electrons. The third-order valence-electron chi connectivity index (χ3n) is 5.27. The highest BCUT2D eigenvalue weighted by Crippen LogP contribution is 2.28. The van der Waals surface area contributed by atoms with Crippen molar-refractivity contribution in [2.75, 3.05) is 18.4 Å². The Morgan fingerprint density at radius 3 is 2.37 bits per heavy atom. The fourth-order valence-electron chi connectivity index (χ4n) is 3.56. The van der Waals surface area contributed by atoms with Crippen LogP contribution in [0.2, 0.25) is 0 Å². The maximum absolute atomic E-state index is 13.2. The summed E-state index contributed by atoms with van der Waals surface area (Å²) in [4.78, 5) is 24.6. The second-order valence-corrected chi connectivity index (χ2v) is 9.57. The zero-order chi connectivity index (χ0) is 21.9. The number of aryl methyl sites for hydroxylation is 3. The van der Waals surface area contributed by atoms with Crippen molar-refractivity contribution in [3.05, 3.63) is 59.2 Å². The number of anilines is 1. The maximum Gasteiger partial charge on any atom is 0.313 e. The minimum Gasteiger partial charge on any atom is -0.346 e. The number of carbonyl (C=O) groups excluding carboxylic acids is 2. The second kappa shape index (κ2) is 8.97. The van der Waals surface area contributed by atoms with Gasteiger partial charge < -0.3 is 10.6 Å². The molecular weight excluding hydrogens is 402 g/mol. The zero-order valence-corrected chi connectivity index (χ0v) is 18.3. The first-order valence-corrected chi connectivity index (χ1v) is 11.4. The van der Waals surface area contributed by atoms with Crippen molar-refractivity contribution in [2.24, 2.45) is 0 Å². The van der Waals surface area contributed by atoms with Crippen LogP contribution in [0.1, 0.15) is 29.5 Å². The lowest BCUT2D eigenvalue weighted by molar-refractivity contribution is -0.136. The van der Waals surface area contributed by atoms with Crippen LogP contribution in [-0.2, 0) is 19.6 Å². The number of sulfonamides is 1. The fourth-order valence-corrected chi connectivity index (χ4v) is 5.56. The summed E-state index contributed by atoms with van der Waals surface area (Å²) in [6.45, 7) is 6.04. The molecule has 0 bridgehead atoms. The first-order chi connectivity index (χ1) is 14.2. The molecule has 0 aromatic heterocycles. The van der Waals surface area contributed by atoms with Gasteiger partial charge in [-0.05, 0) is 62.9 Å². The molecule has 2 amide bonds. The van der Waals surface area contributed by atoms with Crippen molar-refractivity contribution in [1.82, 2.24) is 9.62 Å². The summed E-state index contributed by atoms with van der Waals surface area (Å²) in [5.74, 6) is -1.56. The van der Waals surface area contributed by atoms with E-state index in [-0.39, 0.29) is 17.5 Å². The second-order valence-electron chi connectivity index (χ2n) is 7.71. The van der Waals surface area contributed by atoms with Gasteiger partial charge in [-0.1, -0.05) is 29.8 Å². The van der Waals surface area contributed by atoms with Crippen molar-refractivity contribution >= 4 is 27.5 Å². The van der Waals surface area contributed by atoms with Crippen LogP contribution in [0.15, 0.2) is 47.4 Å². The van der Waals surface area contributed by atoms with E-state index in [1.165, 1.54) is 4.31 Å². The lowest BCUT2D eigenvalue weighted by Crippen LogP contribution is -2.45. The molecule has 2 aromatic carbocycles. The Kier molecular flexibility index (Phi) is 6.58. The Bertz CT molecular complexity index is 1050. The van der Waals surface area contributed by atoms with Gasteiger partial charge in [0.15, 0.2) is 0 Å². The molecular formula is C22H27N3O4S. The van der Waals surface area contributed by atoms with Gasteiger partial charge in [-0.25, -0.2) is 8.42 Å². The van der Waals surface area contributed by atoms with Gasteiger partial charge in [-0.3, -0.25) is 9.59 Å². The summed E-state index contributed by atoms with van der Waals surface area (Å²) in [5.41, 5.74) is 3.13. The molecule has 8 heteroatoms. The van der Waals surface area contributed by atoms with E-state index in [1.54, 1.807) is 31.2 Å². The fraction of sp³-hybridized carbons (Fsp3) is 0.364. The molecule has 0 aliphatic carbocycles. The molecule has 7 nitrogen and oxygen atoms in total. The molecule has 160 valence electrons. The molecule has 0 saturated carbocycles. The number of benzene rings is 2. The van der Waals surface area contributed by atoms with Crippen LogP contribution in [0.25, 0.3) is 0 Å². The monoisotopic (exact) mass is 429 g/mol. The Hall–Kier alpha value is -2.71. The molecule has 1 atom stereocenters. The lowest BCUT2D eigenvalue weighted by Gasteiger charge is -2.25. The number of rotatable bonds is 5. The van der Waals surface area contributed by atoms with Gasteiger partial charge in [0.05, 0.1) is 4.90 Å². The molecule has 1 aliphatic heterocycles. The van der Waals surface area contributed by atoms with E-state index < -0.39 is 21.8 Å². The summed E-state index contributed by atoms with van der Waals surface area (Å²) in [5, 5.41) is 5.12. The molecule has 2 N–H and O–H groups in total. The third kappa shape index (κ3) is 4.88. The van der Waals surface area contributed by atoms with E-state index in [0.29, 0.717) is 30.6 Å². The van der Waals surface area contributed by atoms with E-state index in [2.05, 4.69) is 10.6 Å². The van der Waals surface area contributed by atoms with Crippen LogP contribution in [0, 0.1) is 20.8 Å². The lowest BCUT2D eigenvalue weighted by atomic mass is 10.2. The minimum absolute atomic E-state index is 0.0875. The van der Waals surface area contributed by atoms with Crippen LogP contribution in [0.5, 0.6) is 0 Å². The number of nitrogens with one attached hydrogen (secondary N) is 2. The van der Waals surface area contributed by atoms with Crippen LogP contribution in [-0.4, -0.2) is 43.7 Å². The highest BCUT2D eigenvalue weighted by molar-refractivity contribution is 7.89. The zero-order valence-electron chi connectivity index (χ0n) is 17.4. The predicted octanol–water partition coefficient (Wildman–Crippen LogP) is 2.52. The van der Waals surface area contributed by atoms with E-state index in [0.717, 1.165) is 11.1 Å². The molecule has 30 heavy (non-hydrogen) atoms. The number of hydrogen-bond acceptors (Lipinski definition) is 4. The van der Waals surface area contributed by atoms with E-state index in [4.69, 9.17) is 0 Å². The highest BCUT2D eigenvalue weighted by Gasteiger charge is 2.36. The normalized spacial score (nSPS) is 17.0. The molecule has 1 fully saturated rings. The van der Waals surface area contributed by atoms with Crippen molar-refractivity contribution in [1.29, 1.82) is 0 Å². The number of nitrogens with zero attached hydrogens (tertiary/aromatic N) is 1. The number of carbonyl (C=O) groups is 2. The van der Waals surface area contributed by atoms with Gasteiger partial charge in [-0.15, -0.1) is 0 Å².